The van der Waals surface area contributed by atoms with E-state index in [-0.39, 0.29) is 6.10 Å². The predicted octanol–water partition coefficient (Wildman–Crippen LogP) is 3.80. The summed E-state index contributed by atoms with van der Waals surface area (Å²) in [6.07, 6.45) is 2.38. The van der Waals surface area contributed by atoms with Gasteiger partial charge in [-0.1, -0.05) is 0 Å². The molecule has 16 heavy (non-hydrogen) atoms. The molecule has 0 N–H and O–H groups in total. The van der Waals surface area contributed by atoms with Crippen LogP contribution in [0.2, 0.25) is 0 Å². The molecule has 0 bridgehead atoms. The molecule has 0 saturated carbocycles. The van der Waals surface area contributed by atoms with Gasteiger partial charge in [-0.3, -0.25) is 4.79 Å². The van der Waals surface area contributed by atoms with Gasteiger partial charge in [-0.15, -0.1) is 0 Å². The Morgan fingerprint density at radius 3 is 2.88 bits per heavy atom. The quantitative estimate of drug-likeness (QED) is 0.804. The zero-order valence-corrected chi connectivity index (χ0v) is 10.6. The predicted molar refractivity (Wildman–Crippen MR) is 65.1 cm³/mol. The number of carbonyl (C=O) groups is 1. The number of hydrogen-bond acceptors (Lipinski definition) is 3. The Morgan fingerprint density at radius 2 is 2.25 bits per heavy atom. The molecule has 3 nitrogen and oxygen atoms in total. The molecule has 0 amide bonds. The number of aldehydes is 1. The molecule has 0 fully saturated rings. The first-order chi connectivity index (χ1) is 7.63. The van der Waals surface area contributed by atoms with Crippen LogP contribution in [-0.2, 0) is 0 Å². The Labute approximate surface area is 102 Å². The fraction of sp³-hybridized carbons (Fsp3) is 0.250. The van der Waals surface area contributed by atoms with Crippen LogP contribution in [0.3, 0.4) is 0 Å². The highest BCUT2D eigenvalue weighted by Gasteiger charge is 2.15. The molecule has 84 valence electrons. The third kappa shape index (κ3) is 1.85. The van der Waals surface area contributed by atoms with Crippen molar-refractivity contribution in [3.63, 3.8) is 0 Å². The fourth-order valence-corrected chi connectivity index (χ4v) is 2.10. The Kier molecular flexibility index (Phi) is 3.01. The number of hydrogen-bond donors (Lipinski definition) is 0. The molecule has 0 aliphatic heterocycles. The first-order valence-corrected chi connectivity index (χ1v) is 5.74. The molecule has 0 spiro atoms. The van der Waals surface area contributed by atoms with Crippen molar-refractivity contribution in [3.8, 4) is 5.75 Å². The van der Waals surface area contributed by atoms with Crippen molar-refractivity contribution in [2.24, 2.45) is 0 Å². The van der Waals surface area contributed by atoms with Gasteiger partial charge >= 0.3 is 0 Å². The molecule has 1 heterocycles. The Morgan fingerprint density at radius 1 is 1.50 bits per heavy atom. The van der Waals surface area contributed by atoms with Crippen molar-refractivity contribution in [1.82, 2.24) is 0 Å². The van der Waals surface area contributed by atoms with Crippen LogP contribution in [0.1, 0.15) is 24.2 Å². The van der Waals surface area contributed by atoms with Crippen molar-refractivity contribution < 1.29 is 13.9 Å². The van der Waals surface area contributed by atoms with E-state index in [2.05, 4.69) is 15.9 Å². The number of furan rings is 1. The van der Waals surface area contributed by atoms with Crippen LogP contribution in [0.4, 0.5) is 0 Å². The number of carbonyl (C=O) groups excluding carboxylic acids is 1. The van der Waals surface area contributed by atoms with Crippen LogP contribution in [0, 0.1) is 0 Å². The summed E-state index contributed by atoms with van der Waals surface area (Å²) < 4.78 is 11.7. The van der Waals surface area contributed by atoms with Gasteiger partial charge in [-0.25, -0.2) is 0 Å². The highest BCUT2D eigenvalue weighted by atomic mass is 79.9. The van der Waals surface area contributed by atoms with Crippen LogP contribution >= 0.6 is 15.9 Å². The van der Waals surface area contributed by atoms with E-state index in [4.69, 9.17) is 9.15 Å². The van der Waals surface area contributed by atoms with E-state index in [0.29, 0.717) is 16.9 Å². The Balaban J connectivity index is 2.71. The van der Waals surface area contributed by atoms with Gasteiger partial charge in [0.15, 0.2) is 11.9 Å². The van der Waals surface area contributed by atoms with Gasteiger partial charge in [-0.2, -0.15) is 0 Å². The molecule has 0 atom stereocenters. The minimum absolute atomic E-state index is 0.0120. The second-order valence-electron chi connectivity index (χ2n) is 3.72. The molecular formula is C12H11BrO3. The van der Waals surface area contributed by atoms with Gasteiger partial charge in [0.05, 0.1) is 27.8 Å². The zero-order valence-electron chi connectivity index (χ0n) is 8.99. The van der Waals surface area contributed by atoms with E-state index < -0.39 is 0 Å². The third-order valence-corrected chi connectivity index (χ3v) is 2.74. The summed E-state index contributed by atoms with van der Waals surface area (Å²) in [7, 11) is 0. The van der Waals surface area contributed by atoms with Gasteiger partial charge in [0.1, 0.15) is 5.75 Å². The van der Waals surface area contributed by atoms with Crippen LogP contribution < -0.4 is 4.74 Å². The van der Waals surface area contributed by atoms with E-state index in [1.54, 1.807) is 18.4 Å². The topological polar surface area (TPSA) is 39.4 Å². The SMILES string of the molecule is CC(C)Oc1c(C=O)cc(Br)c2occc12. The molecule has 0 unspecified atom stereocenters. The molecule has 0 saturated heterocycles. The highest BCUT2D eigenvalue weighted by Crippen LogP contribution is 2.35. The summed E-state index contributed by atoms with van der Waals surface area (Å²) in [5.74, 6) is 0.581. The number of ether oxygens (including phenoxy) is 1. The van der Waals surface area contributed by atoms with Crippen molar-refractivity contribution in [2.45, 2.75) is 20.0 Å². The van der Waals surface area contributed by atoms with E-state index >= 15 is 0 Å². The van der Waals surface area contributed by atoms with Crippen LogP contribution in [0.25, 0.3) is 11.0 Å². The van der Waals surface area contributed by atoms with Crippen molar-refractivity contribution in [2.75, 3.05) is 0 Å². The maximum Gasteiger partial charge on any atom is 0.153 e. The Bertz CT molecular complexity index is 528. The van der Waals surface area contributed by atoms with Gasteiger partial charge in [-0.05, 0) is 41.9 Å². The van der Waals surface area contributed by atoms with Gasteiger partial charge in [0.25, 0.3) is 0 Å². The normalized spacial score (nSPS) is 11.0. The molecule has 0 aliphatic rings. The smallest absolute Gasteiger partial charge is 0.153 e. The molecular weight excluding hydrogens is 272 g/mol. The molecule has 0 aliphatic carbocycles. The fourth-order valence-electron chi connectivity index (χ4n) is 1.55. The molecule has 4 heteroatoms. The van der Waals surface area contributed by atoms with Gasteiger partial charge < -0.3 is 9.15 Å². The Hall–Kier alpha value is -1.29. The minimum Gasteiger partial charge on any atom is -0.489 e. The summed E-state index contributed by atoms with van der Waals surface area (Å²) in [6.45, 7) is 3.84. The molecule has 1 aromatic heterocycles. The first-order valence-electron chi connectivity index (χ1n) is 4.95. The van der Waals surface area contributed by atoms with Crippen LogP contribution in [-0.4, -0.2) is 12.4 Å². The lowest BCUT2D eigenvalue weighted by Crippen LogP contribution is -2.07. The number of rotatable bonds is 3. The van der Waals surface area contributed by atoms with Crippen molar-refractivity contribution in [3.05, 3.63) is 28.4 Å². The highest BCUT2D eigenvalue weighted by molar-refractivity contribution is 9.10. The largest absolute Gasteiger partial charge is 0.489 e. The summed E-state index contributed by atoms with van der Waals surface area (Å²) in [5.41, 5.74) is 1.22. The molecule has 1 aromatic carbocycles. The summed E-state index contributed by atoms with van der Waals surface area (Å²) in [4.78, 5) is 11.0. The zero-order chi connectivity index (χ0) is 11.7. The first kappa shape index (κ1) is 11.2. The lowest BCUT2D eigenvalue weighted by molar-refractivity contribution is 0.111. The monoisotopic (exact) mass is 282 g/mol. The van der Waals surface area contributed by atoms with E-state index in [0.717, 1.165) is 16.1 Å². The number of fused-ring (bicyclic) bond motifs is 1. The molecule has 0 radical (unpaired) electrons. The van der Waals surface area contributed by atoms with Crippen molar-refractivity contribution >= 4 is 33.2 Å². The second kappa shape index (κ2) is 4.29. The van der Waals surface area contributed by atoms with E-state index in [9.17, 15) is 4.79 Å². The average molecular weight is 283 g/mol. The van der Waals surface area contributed by atoms with Gasteiger partial charge in [0, 0.05) is 0 Å². The standard InChI is InChI=1S/C12H11BrO3/c1-7(2)16-11-8(6-14)5-10(13)12-9(11)3-4-15-12/h3-7H,1-2H3. The third-order valence-electron chi connectivity index (χ3n) is 2.15. The summed E-state index contributed by atoms with van der Waals surface area (Å²) in [6, 6.07) is 3.50. The molecule has 2 aromatic rings. The van der Waals surface area contributed by atoms with E-state index in [1.807, 2.05) is 13.8 Å². The average Bonchev–Trinajstić information content (AvgIpc) is 2.70. The lowest BCUT2D eigenvalue weighted by atomic mass is 10.1. The molecule has 2 rings (SSSR count). The van der Waals surface area contributed by atoms with E-state index in [1.165, 1.54) is 0 Å². The van der Waals surface area contributed by atoms with Crippen LogP contribution in [0.5, 0.6) is 5.75 Å². The minimum atomic E-state index is 0.0120. The van der Waals surface area contributed by atoms with Gasteiger partial charge in [0.2, 0.25) is 0 Å². The van der Waals surface area contributed by atoms with Crippen molar-refractivity contribution in [1.29, 1.82) is 0 Å². The summed E-state index contributed by atoms with van der Waals surface area (Å²) in [5, 5.41) is 0.810. The van der Waals surface area contributed by atoms with Crippen LogP contribution in [0.15, 0.2) is 27.3 Å². The maximum atomic E-state index is 11.0. The number of benzene rings is 1. The number of halogens is 1. The lowest BCUT2D eigenvalue weighted by Gasteiger charge is -2.13. The summed E-state index contributed by atoms with van der Waals surface area (Å²) >= 11 is 3.36. The maximum absolute atomic E-state index is 11.0. The second-order valence-corrected chi connectivity index (χ2v) is 4.58.